The van der Waals surface area contributed by atoms with Crippen molar-refractivity contribution in [3.8, 4) is 0 Å². The Balaban J connectivity index is 1.44. The van der Waals surface area contributed by atoms with Crippen LogP contribution in [0.1, 0.15) is 74.8 Å². The predicted molar refractivity (Wildman–Crippen MR) is 129 cm³/mol. The summed E-state index contributed by atoms with van der Waals surface area (Å²) in [5.41, 5.74) is 4.10. The number of hydrogen-bond acceptors (Lipinski definition) is 3. The summed E-state index contributed by atoms with van der Waals surface area (Å²) in [4.78, 5) is 27.0. The fraction of sp³-hybridized carbons (Fsp3) is 0.462. The van der Waals surface area contributed by atoms with E-state index in [9.17, 15) is 9.59 Å². The van der Waals surface area contributed by atoms with Crippen LogP contribution in [0.25, 0.3) is 0 Å². The maximum Gasteiger partial charge on any atom is 0.238 e. The number of anilines is 2. The Kier molecular flexibility index (Phi) is 7.01. The second kappa shape index (κ2) is 9.90. The Morgan fingerprint density at radius 1 is 1.10 bits per heavy atom. The third-order valence-electron chi connectivity index (χ3n) is 6.42. The van der Waals surface area contributed by atoms with Crippen LogP contribution in [0.15, 0.2) is 48.5 Å². The molecule has 0 spiro atoms. The molecule has 1 heterocycles. The molecule has 1 aliphatic heterocycles. The van der Waals surface area contributed by atoms with Gasteiger partial charge >= 0.3 is 0 Å². The summed E-state index contributed by atoms with van der Waals surface area (Å²) >= 11 is 1.66. The van der Waals surface area contributed by atoms with Crippen LogP contribution in [0, 0.1) is 5.92 Å². The molecule has 2 aromatic rings. The number of carbonyl (C=O) groups is 2. The Morgan fingerprint density at radius 2 is 1.81 bits per heavy atom. The van der Waals surface area contributed by atoms with Gasteiger partial charge in [0, 0.05) is 17.8 Å². The van der Waals surface area contributed by atoms with Crippen molar-refractivity contribution in [1.82, 2.24) is 0 Å². The minimum Gasteiger partial charge on any atom is -0.326 e. The van der Waals surface area contributed by atoms with Crippen molar-refractivity contribution in [3.63, 3.8) is 0 Å². The van der Waals surface area contributed by atoms with E-state index in [2.05, 4.69) is 25.2 Å². The van der Waals surface area contributed by atoms with E-state index < -0.39 is 0 Å². The Labute approximate surface area is 189 Å². The molecule has 31 heavy (non-hydrogen) atoms. The number of rotatable bonds is 7. The van der Waals surface area contributed by atoms with Gasteiger partial charge in [-0.05, 0) is 47.6 Å². The van der Waals surface area contributed by atoms with Gasteiger partial charge in [-0.3, -0.25) is 14.5 Å². The molecule has 0 bridgehead atoms. The molecule has 2 amide bonds. The van der Waals surface area contributed by atoms with Gasteiger partial charge in [0.1, 0.15) is 5.37 Å². The van der Waals surface area contributed by atoms with Gasteiger partial charge in [-0.15, -0.1) is 11.8 Å². The van der Waals surface area contributed by atoms with Gasteiger partial charge in [0.15, 0.2) is 0 Å². The molecule has 164 valence electrons. The minimum absolute atomic E-state index is 0.0421. The number of amides is 2. The van der Waals surface area contributed by atoms with Gasteiger partial charge < -0.3 is 5.32 Å². The van der Waals surface area contributed by atoms with Crippen LogP contribution < -0.4 is 10.2 Å². The second-order valence-electron chi connectivity index (χ2n) is 9.00. The first-order chi connectivity index (χ1) is 15.0. The molecule has 2 fully saturated rings. The summed E-state index contributed by atoms with van der Waals surface area (Å²) in [6, 6.07) is 16.2. The molecule has 2 aromatic carbocycles. The van der Waals surface area contributed by atoms with E-state index in [4.69, 9.17) is 0 Å². The highest BCUT2D eigenvalue weighted by Crippen LogP contribution is 2.44. The summed E-state index contributed by atoms with van der Waals surface area (Å²) in [5.74, 6) is 1.79. The van der Waals surface area contributed by atoms with Gasteiger partial charge in [-0.2, -0.15) is 0 Å². The Morgan fingerprint density at radius 3 is 2.52 bits per heavy atom. The molecule has 1 atom stereocenters. The topological polar surface area (TPSA) is 49.4 Å². The summed E-state index contributed by atoms with van der Waals surface area (Å²) in [5, 5.41) is 2.99. The van der Waals surface area contributed by atoms with E-state index in [0.717, 1.165) is 29.3 Å². The molecular weight excluding hydrogens is 404 g/mol. The summed E-state index contributed by atoms with van der Waals surface area (Å²) in [6.45, 7) is 4.32. The molecule has 4 nitrogen and oxygen atoms in total. The minimum atomic E-state index is -0.0421. The predicted octanol–water partition coefficient (Wildman–Crippen LogP) is 6.50. The van der Waals surface area contributed by atoms with Crippen LogP contribution in [0.3, 0.4) is 0 Å². The molecule has 1 aliphatic carbocycles. The van der Waals surface area contributed by atoms with Crippen molar-refractivity contribution in [1.29, 1.82) is 0 Å². The lowest BCUT2D eigenvalue weighted by molar-refractivity contribution is -0.117. The number of carbonyl (C=O) groups excluding carboxylic acids is 2. The lowest BCUT2D eigenvalue weighted by Gasteiger charge is -2.27. The SMILES string of the molecule is CC(C)c1ccccc1N1C(=O)CSC1c1ccc(NC(=O)CCC2CCCC2)cc1. The van der Waals surface area contributed by atoms with Crippen molar-refractivity contribution in [2.45, 2.75) is 63.7 Å². The monoisotopic (exact) mass is 436 g/mol. The fourth-order valence-corrected chi connectivity index (χ4v) is 5.88. The van der Waals surface area contributed by atoms with Crippen LogP contribution in [0.5, 0.6) is 0 Å². The number of benzene rings is 2. The summed E-state index contributed by atoms with van der Waals surface area (Å²) in [6.07, 6.45) is 6.77. The largest absolute Gasteiger partial charge is 0.326 e. The zero-order valence-electron chi connectivity index (χ0n) is 18.5. The van der Waals surface area contributed by atoms with Crippen molar-refractivity contribution in [2.24, 2.45) is 5.92 Å². The normalized spacial score (nSPS) is 19.4. The molecule has 0 aromatic heterocycles. The standard InChI is InChI=1S/C26H32N2O2S/c1-18(2)22-9-5-6-10-23(22)28-25(30)17-31-26(28)20-12-14-21(15-13-20)27-24(29)16-11-19-7-3-4-8-19/h5-6,9-10,12-15,18-19,26H,3-4,7-8,11,16-17H2,1-2H3,(H,27,29). The molecule has 1 saturated heterocycles. The summed E-state index contributed by atoms with van der Waals surface area (Å²) in [7, 11) is 0. The fourth-order valence-electron chi connectivity index (χ4n) is 4.72. The first-order valence-electron chi connectivity index (χ1n) is 11.5. The van der Waals surface area contributed by atoms with E-state index >= 15 is 0 Å². The zero-order valence-corrected chi connectivity index (χ0v) is 19.3. The highest BCUT2D eigenvalue weighted by atomic mass is 32.2. The van der Waals surface area contributed by atoms with Crippen molar-refractivity contribution < 1.29 is 9.59 Å². The van der Waals surface area contributed by atoms with E-state index in [1.807, 2.05) is 47.4 Å². The Hall–Kier alpha value is -2.27. The van der Waals surface area contributed by atoms with Crippen LogP contribution in [0.4, 0.5) is 11.4 Å². The first kappa shape index (κ1) is 21.9. The third kappa shape index (κ3) is 5.15. The van der Waals surface area contributed by atoms with Crippen molar-refractivity contribution >= 4 is 35.0 Å². The third-order valence-corrected chi connectivity index (χ3v) is 7.63. The molecular formula is C26H32N2O2S. The highest BCUT2D eigenvalue weighted by molar-refractivity contribution is 8.00. The van der Waals surface area contributed by atoms with Gasteiger partial charge in [0.05, 0.1) is 5.75 Å². The number of para-hydroxylation sites is 1. The molecule has 0 radical (unpaired) electrons. The number of nitrogens with zero attached hydrogens (tertiary/aromatic N) is 1. The molecule has 2 aliphatic rings. The van der Waals surface area contributed by atoms with E-state index in [0.29, 0.717) is 18.1 Å². The molecule has 5 heteroatoms. The first-order valence-corrected chi connectivity index (χ1v) is 12.5. The average Bonchev–Trinajstić information content (AvgIpc) is 3.42. The van der Waals surface area contributed by atoms with Crippen molar-refractivity contribution in [3.05, 3.63) is 59.7 Å². The maximum atomic E-state index is 12.8. The van der Waals surface area contributed by atoms with E-state index in [1.54, 1.807) is 11.8 Å². The van der Waals surface area contributed by atoms with Crippen LogP contribution in [-0.2, 0) is 9.59 Å². The summed E-state index contributed by atoms with van der Waals surface area (Å²) < 4.78 is 0. The lowest BCUT2D eigenvalue weighted by atomic mass is 10.00. The average molecular weight is 437 g/mol. The maximum absolute atomic E-state index is 12.8. The molecule has 4 rings (SSSR count). The molecule has 1 unspecified atom stereocenters. The van der Waals surface area contributed by atoms with E-state index in [-0.39, 0.29) is 17.2 Å². The van der Waals surface area contributed by atoms with Crippen LogP contribution >= 0.6 is 11.8 Å². The zero-order chi connectivity index (χ0) is 21.8. The highest BCUT2D eigenvalue weighted by Gasteiger charge is 2.35. The lowest BCUT2D eigenvalue weighted by Crippen LogP contribution is -2.29. The second-order valence-corrected chi connectivity index (χ2v) is 10.1. The van der Waals surface area contributed by atoms with E-state index in [1.165, 1.54) is 31.2 Å². The number of thioether (sulfide) groups is 1. The van der Waals surface area contributed by atoms with Crippen molar-refractivity contribution in [2.75, 3.05) is 16.0 Å². The van der Waals surface area contributed by atoms with Gasteiger partial charge in [-0.25, -0.2) is 0 Å². The van der Waals surface area contributed by atoms with Crippen LogP contribution in [-0.4, -0.2) is 17.6 Å². The number of hydrogen-bond donors (Lipinski definition) is 1. The smallest absolute Gasteiger partial charge is 0.238 e. The number of nitrogens with one attached hydrogen (secondary N) is 1. The molecule has 1 saturated carbocycles. The Bertz CT molecular complexity index is 919. The van der Waals surface area contributed by atoms with Gasteiger partial charge in [-0.1, -0.05) is 69.9 Å². The molecule has 1 N–H and O–H groups in total. The van der Waals surface area contributed by atoms with Crippen LogP contribution in [0.2, 0.25) is 0 Å². The van der Waals surface area contributed by atoms with Gasteiger partial charge in [0.2, 0.25) is 11.8 Å². The van der Waals surface area contributed by atoms with Gasteiger partial charge in [0.25, 0.3) is 0 Å². The quantitative estimate of drug-likeness (QED) is 0.539.